The summed E-state index contributed by atoms with van der Waals surface area (Å²) in [4.78, 5) is 11.1. The second-order valence-electron chi connectivity index (χ2n) is 3.22. The molecule has 82 valence electrons. The van der Waals surface area contributed by atoms with Gasteiger partial charge in [-0.25, -0.2) is 0 Å². The molecule has 15 heavy (non-hydrogen) atoms. The van der Waals surface area contributed by atoms with E-state index in [9.17, 15) is 4.79 Å². The first kappa shape index (κ1) is 11.6. The van der Waals surface area contributed by atoms with Crippen LogP contribution >= 0.6 is 0 Å². The molecule has 3 heteroatoms. The average Bonchev–Trinajstić information content (AvgIpc) is 2.26. The lowest BCUT2D eigenvalue weighted by Gasteiger charge is -2.05. The van der Waals surface area contributed by atoms with Crippen LogP contribution in [0.3, 0.4) is 0 Å². The third-order valence-corrected chi connectivity index (χ3v) is 1.93. The minimum Gasteiger partial charge on any atom is -0.494 e. The molecule has 0 aliphatic rings. The molecule has 0 saturated heterocycles. The van der Waals surface area contributed by atoms with E-state index < -0.39 is 0 Å². The van der Waals surface area contributed by atoms with Crippen LogP contribution in [0.2, 0.25) is 0 Å². The molecule has 0 saturated carbocycles. The van der Waals surface area contributed by atoms with Gasteiger partial charge in [0.15, 0.2) is 0 Å². The molecule has 1 amide bonds. The minimum atomic E-state index is 0.0918. The van der Waals surface area contributed by atoms with Crippen molar-refractivity contribution in [3.8, 4) is 5.75 Å². The highest BCUT2D eigenvalue weighted by Gasteiger charge is 1.98. The lowest BCUT2D eigenvalue weighted by molar-refractivity contribution is -0.121. The zero-order valence-electron chi connectivity index (χ0n) is 9.03. The summed E-state index contributed by atoms with van der Waals surface area (Å²) in [5, 5.41) is 2.75. The van der Waals surface area contributed by atoms with Crippen LogP contribution in [0, 0.1) is 0 Å². The molecule has 0 spiro atoms. The van der Waals surface area contributed by atoms with Crippen molar-refractivity contribution in [2.24, 2.45) is 0 Å². The Hall–Kier alpha value is -1.51. The van der Waals surface area contributed by atoms with Crippen molar-refractivity contribution in [2.45, 2.75) is 19.8 Å². The van der Waals surface area contributed by atoms with E-state index in [0.717, 1.165) is 12.2 Å². The van der Waals surface area contributed by atoms with Gasteiger partial charge >= 0.3 is 0 Å². The topological polar surface area (TPSA) is 38.3 Å². The standard InChI is InChI=1S/C12H17NO2/c1-2-13-12(14)9-6-10-15-11-7-4-3-5-8-11/h3-5,7-8H,2,6,9-10H2,1H3,(H,13,14). The fourth-order valence-electron chi connectivity index (χ4n) is 1.23. The Morgan fingerprint density at radius 2 is 2.07 bits per heavy atom. The average molecular weight is 207 g/mol. The van der Waals surface area contributed by atoms with Gasteiger partial charge in [0.25, 0.3) is 0 Å². The number of rotatable bonds is 6. The van der Waals surface area contributed by atoms with Crippen molar-refractivity contribution in [3.63, 3.8) is 0 Å². The smallest absolute Gasteiger partial charge is 0.220 e. The molecule has 0 atom stereocenters. The summed E-state index contributed by atoms with van der Waals surface area (Å²) in [5.74, 6) is 0.947. The molecular weight excluding hydrogens is 190 g/mol. The SMILES string of the molecule is CCNC(=O)CCCOc1ccccc1. The lowest BCUT2D eigenvalue weighted by Crippen LogP contribution is -2.22. The van der Waals surface area contributed by atoms with E-state index in [1.807, 2.05) is 37.3 Å². The van der Waals surface area contributed by atoms with Crippen LogP contribution in [0.4, 0.5) is 0 Å². The third-order valence-electron chi connectivity index (χ3n) is 1.93. The Morgan fingerprint density at radius 1 is 1.33 bits per heavy atom. The maximum Gasteiger partial charge on any atom is 0.220 e. The summed E-state index contributed by atoms with van der Waals surface area (Å²) < 4.78 is 5.45. The Labute approximate surface area is 90.4 Å². The first-order chi connectivity index (χ1) is 7.33. The predicted octanol–water partition coefficient (Wildman–Crippen LogP) is 1.98. The van der Waals surface area contributed by atoms with Gasteiger partial charge in [0.1, 0.15) is 5.75 Å². The van der Waals surface area contributed by atoms with E-state index in [4.69, 9.17) is 4.74 Å². The first-order valence-corrected chi connectivity index (χ1v) is 5.27. The molecule has 1 aromatic carbocycles. The number of carbonyl (C=O) groups excluding carboxylic acids is 1. The van der Waals surface area contributed by atoms with Crippen LogP contribution in [-0.2, 0) is 4.79 Å². The zero-order chi connectivity index (χ0) is 10.9. The van der Waals surface area contributed by atoms with Gasteiger partial charge in [-0.1, -0.05) is 18.2 Å². The van der Waals surface area contributed by atoms with Gasteiger partial charge in [-0.2, -0.15) is 0 Å². The number of para-hydroxylation sites is 1. The molecule has 0 radical (unpaired) electrons. The Balaban J connectivity index is 2.10. The van der Waals surface area contributed by atoms with Gasteiger partial charge in [-0.15, -0.1) is 0 Å². The number of nitrogens with one attached hydrogen (secondary N) is 1. The van der Waals surface area contributed by atoms with Crippen molar-refractivity contribution in [2.75, 3.05) is 13.2 Å². The molecule has 0 unspecified atom stereocenters. The summed E-state index contributed by atoms with van der Waals surface area (Å²) in [7, 11) is 0. The first-order valence-electron chi connectivity index (χ1n) is 5.27. The predicted molar refractivity (Wildman–Crippen MR) is 59.9 cm³/mol. The molecule has 0 bridgehead atoms. The molecule has 0 aliphatic heterocycles. The third kappa shape index (κ3) is 5.05. The number of amides is 1. The lowest BCUT2D eigenvalue weighted by atomic mass is 10.3. The van der Waals surface area contributed by atoms with Gasteiger partial charge in [0.2, 0.25) is 5.91 Å². The number of benzene rings is 1. The summed E-state index contributed by atoms with van der Waals surface area (Å²) in [6.07, 6.45) is 1.28. The largest absolute Gasteiger partial charge is 0.494 e. The zero-order valence-corrected chi connectivity index (χ0v) is 9.03. The summed E-state index contributed by atoms with van der Waals surface area (Å²) in [5.41, 5.74) is 0. The van der Waals surface area contributed by atoms with Crippen molar-refractivity contribution < 1.29 is 9.53 Å². The second kappa shape index (κ2) is 6.87. The molecule has 0 aromatic heterocycles. The summed E-state index contributed by atoms with van der Waals surface area (Å²) in [6, 6.07) is 9.62. The fraction of sp³-hybridized carbons (Fsp3) is 0.417. The molecule has 1 rings (SSSR count). The maximum absolute atomic E-state index is 11.1. The van der Waals surface area contributed by atoms with E-state index in [1.165, 1.54) is 0 Å². The van der Waals surface area contributed by atoms with Crippen LogP contribution in [0.1, 0.15) is 19.8 Å². The van der Waals surface area contributed by atoms with Crippen molar-refractivity contribution in [1.29, 1.82) is 0 Å². The van der Waals surface area contributed by atoms with E-state index in [-0.39, 0.29) is 5.91 Å². The van der Waals surface area contributed by atoms with E-state index in [2.05, 4.69) is 5.32 Å². The van der Waals surface area contributed by atoms with Gasteiger partial charge < -0.3 is 10.1 Å². The summed E-state index contributed by atoms with van der Waals surface area (Å²) >= 11 is 0. The van der Waals surface area contributed by atoms with E-state index in [0.29, 0.717) is 19.6 Å². The molecule has 0 fully saturated rings. The van der Waals surface area contributed by atoms with Crippen LogP contribution in [0.25, 0.3) is 0 Å². The minimum absolute atomic E-state index is 0.0918. The van der Waals surface area contributed by atoms with Crippen molar-refractivity contribution in [1.82, 2.24) is 5.32 Å². The number of carbonyl (C=O) groups is 1. The van der Waals surface area contributed by atoms with Crippen molar-refractivity contribution in [3.05, 3.63) is 30.3 Å². The van der Waals surface area contributed by atoms with Gasteiger partial charge in [0.05, 0.1) is 6.61 Å². The monoisotopic (exact) mass is 207 g/mol. The quantitative estimate of drug-likeness (QED) is 0.724. The molecule has 1 N–H and O–H groups in total. The van der Waals surface area contributed by atoms with E-state index >= 15 is 0 Å². The second-order valence-corrected chi connectivity index (χ2v) is 3.22. The van der Waals surface area contributed by atoms with Gasteiger partial charge in [-0.3, -0.25) is 4.79 Å². The molecule has 3 nitrogen and oxygen atoms in total. The number of hydrogen-bond donors (Lipinski definition) is 1. The fourth-order valence-corrected chi connectivity index (χ4v) is 1.23. The molecule has 0 aliphatic carbocycles. The van der Waals surface area contributed by atoms with E-state index in [1.54, 1.807) is 0 Å². The molecule has 0 heterocycles. The van der Waals surface area contributed by atoms with Crippen LogP contribution in [0.5, 0.6) is 5.75 Å². The molecule has 1 aromatic rings. The van der Waals surface area contributed by atoms with Crippen LogP contribution < -0.4 is 10.1 Å². The molecular formula is C12H17NO2. The van der Waals surface area contributed by atoms with Crippen LogP contribution in [-0.4, -0.2) is 19.1 Å². The highest BCUT2D eigenvalue weighted by atomic mass is 16.5. The maximum atomic E-state index is 11.1. The van der Waals surface area contributed by atoms with Crippen LogP contribution in [0.15, 0.2) is 30.3 Å². The normalized spacial score (nSPS) is 9.67. The highest BCUT2D eigenvalue weighted by Crippen LogP contribution is 2.08. The Morgan fingerprint density at radius 3 is 2.73 bits per heavy atom. The van der Waals surface area contributed by atoms with Crippen molar-refractivity contribution >= 4 is 5.91 Å². The summed E-state index contributed by atoms with van der Waals surface area (Å²) in [6.45, 7) is 3.19. The van der Waals surface area contributed by atoms with Gasteiger partial charge in [-0.05, 0) is 25.5 Å². The highest BCUT2D eigenvalue weighted by molar-refractivity contribution is 5.75. The Bertz CT molecular complexity index is 285. The number of hydrogen-bond acceptors (Lipinski definition) is 2. The van der Waals surface area contributed by atoms with Gasteiger partial charge in [0, 0.05) is 13.0 Å². The number of ether oxygens (including phenoxy) is 1. The Kier molecular flexibility index (Phi) is 5.30.